The van der Waals surface area contributed by atoms with E-state index >= 15 is 0 Å². The maximum Gasteiger partial charge on any atom is 0.354 e. The number of pyridine rings is 2. The standard InChI is InChI=1S/C26H23N3O7/c1-4-26(34)18-10-21-22-16(11-29(21)23(31)17(18)12-36-25(26)33)9-15-7-14(5-6-19(15)28-22)8-20(24(32)35-3)27-13(2)30/h5-10,34H,4,11-12H2,1-3H3,(H,27,30). The first-order chi connectivity index (χ1) is 17.2. The van der Waals surface area contributed by atoms with Crippen molar-refractivity contribution in [2.75, 3.05) is 7.11 Å². The molecule has 36 heavy (non-hydrogen) atoms. The molecule has 1 atom stereocenters. The molecule has 0 saturated carbocycles. The molecular weight excluding hydrogens is 466 g/mol. The summed E-state index contributed by atoms with van der Waals surface area (Å²) in [7, 11) is 1.23. The summed E-state index contributed by atoms with van der Waals surface area (Å²) in [6.45, 7) is 3.04. The Morgan fingerprint density at radius 1 is 1.28 bits per heavy atom. The Morgan fingerprint density at radius 3 is 2.75 bits per heavy atom. The normalized spacial score (nSPS) is 18.2. The van der Waals surface area contributed by atoms with E-state index in [0.717, 1.165) is 10.9 Å². The fourth-order valence-corrected chi connectivity index (χ4v) is 4.71. The van der Waals surface area contributed by atoms with E-state index in [9.17, 15) is 24.3 Å². The molecule has 1 aromatic carbocycles. The van der Waals surface area contributed by atoms with Crippen molar-refractivity contribution in [3.63, 3.8) is 0 Å². The molecule has 5 rings (SSSR count). The van der Waals surface area contributed by atoms with Crippen molar-refractivity contribution in [1.82, 2.24) is 14.9 Å². The molecule has 0 radical (unpaired) electrons. The van der Waals surface area contributed by atoms with E-state index in [1.54, 1.807) is 29.7 Å². The van der Waals surface area contributed by atoms with Crippen LogP contribution in [0.15, 0.2) is 40.8 Å². The molecular formula is C26H23N3O7. The van der Waals surface area contributed by atoms with Crippen LogP contribution in [-0.4, -0.2) is 39.6 Å². The highest BCUT2D eigenvalue weighted by atomic mass is 16.6. The van der Waals surface area contributed by atoms with Gasteiger partial charge in [0.15, 0.2) is 5.60 Å². The van der Waals surface area contributed by atoms with Crippen molar-refractivity contribution in [2.45, 2.75) is 39.0 Å². The van der Waals surface area contributed by atoms with Crippen molar-refractivity contribution < 1.29 is 29.0 Å². The number of nitrogens with one attached hydrogen (secondary N) is 1. The van der Waals surface area contributed by atoms with E-state index < -0.39 is 23.4 Å². The van der Waals surface area contributed by atoms with Crippen LogP contribution in [0, 0.1) is 0 Å². The second-order valence-electron chi connectivity index (χ2n) is 8.78. The summed E-state index contributed by atoms with van der Waals surface area (Å²) in [5.74, 6) is -1.84. The quantitative estimate of drug-likeness (QED) is 0.327. The van der Waals surface area contributed by atoms with Crippen LogP contribution in [0.1, 0.15) is 42.5 Å². The fraction of sp³-hybridized carbons (Fsp3) is 0.269. The number of aliphatic hydroxyl groups is 1. The molecule has 1 unspecified atom stereocenters. The molecule has 10 heteroatoms. The minimum atomic E-state index is -1.88. The molecule has 2 aromatic heterocycles. The summed E-state index contributed by atoms with van der Waals surface area (Å²) in [6, 6.07) is 8.89. The lowest BCUT2D eigenvalue weighted by atomic mass is 9.86. The van der Waals surface area contributed by atoms with Gasteiger partial charge in [-0.25, -0.2) is 14.6 Å². The number of fused-ring (bicyclic) bond motifs is 5. The number of rotatable bonds is 4. The largest absolute Gasteiger partial charge is 0.464 e. The number of hydrogen-bond acceptors (Lipinski definition) is 8. The molecule has 184 valence electrons. The average Bonchev–Trinajstić information content (AvgIpc) is 3.21. The van der Waals surface area contributed by atoms with Gasteiger partial charge in [-0.1, -0.05) is 13.0 Å². The summed E-state index contributed by atoms with van der Waals surface area (Å²) in [5.41, 5.74) is 1.53. The molecule has 10 nitrogen and oxygen atoms in total. The first-order valence-corrected chi connectivity index (χ1v) is 11.3. The molecule has 3 aromatic rings. The van der Waals surface area contributed by atoms with Gasteiger partial charge in [0, 0.05) is 23.4 Å². The first-order valence-electron chi connectivity index (χ1n) is 11.3. The molecule has 0 aliphatic carbocycles. The number of cyclic esters (lactones) is 1. The first kappa shape index (κ1) is 23.4. The highest BCUT2D eigenvalue weighted by molar-refractivity contribution is 5.98. The van der Waals surface area contributed by atoms with Crippen LogP contribution in [0.2, 0.25) is 0 Å². The zero-order valence-electron chi connectivity index (χ0n) is 19.9. The molecule has 2 aliphatic rings. The summed E-state index contributed by atoms with van der Waals surface area (Å²) in [6.07, 6.45) is 1.58. The maximum atomic E-state index is 13.3. The second kappa shape index (κ2) is 8.42. The van der Waals surface area contributed by atoms with E-state index in [4.69, 9.17) is 14.5 Å². The van der Waals surface area contributed by atoms with Crippen LogP contribution in [0.3, 0.4) is 0 Å². The molecule has 0 spiro atoms. The molecule has 2 N–H and O–H groups in total. The van der Waals surface area contributed by atoms with Gasteiger partial charge in [0.2, 0.25) is 5.91 Å². The Balaban J connectivity index is 1.61. The topological polar surface area (TPSA) is 137 Å². The molecule has 4 heterocycles. The lowest BCUT2D eigenvalue weighted by Crippen LogP contribution is -2.44. The summed E-state index contributed by atoms with van der Waals surface area (Å²) in [5, 5.41) is 14.2. The van der Waals surface area contributed by atoms with Gasteiger partial charge in [0.25, 0.3) is 5.56 Å². The lowest BCUT2D eigenvalue weighted by Gasteiger charge is -2.31. The molecule has 0 saturated heterocycles. The Hall–Kier alpha value is -4.31. The van der Waals surface area contributed by atoms with Crippen LogP contribution >= 0.6 is 0 Å². The van der Waals surface area contributed by atoms with Crippen molar-refractivity contribution in [3.8, 4) is 11.4 Å². The number of carbonyl (C=O) groups is 3. The van der Waals surface area contributed by atoms with Gasteiger partial charge in [-0.2, -0.15) is 0 Å². The smallest absolute Gasteiger partial charge is 0.354 e. The maximum absolute atomic E-state index is 13.3. The molecule has 0 fully saturated rings. The molecule has 1 amide bonds. The zero-order valence-corrected chi connectivity index (χ0v) is 19.9. The minimum Gasteiger partial charge on any atom is -0.464 e. The second-order valence-corrected chi connectivity index (χ2v) is 8.78. The number of carbonyl (C=O) groups excluding carboxylic acids is 3. The van der Waals surface area contributed by atoms with Crippen molar-refractivity contribution in [2.24, 2.45) is 0 Å². The van der Waals surface area contributed by atoms with E-state index in [-0.39, 0.29) is 42.0 Å². The third kappa shape index (κ3) is 3.57. The van der Waals surface area contributed by atoms with Gasteiger partial charge in [-0.3, -0.25) is 9.59 Å². The predicted octanol–water partition coefficient (Wildman–Crippen LogP) is 1.73. The average molecular weight is 489 g/mol. The summed E-state index contributed by atoms with van der Waals surface area (Å²) < 4.78 is 11.4. The van der Waals surface area contributed by atoms with E-state index in [2.05, 4.69) is 5.32 Å². The SMILES string of the molecule is CCC1(O)C(=O)OCc2c1cc1n(c2=O)Cc2cc3cc(C=C(NC(C)=O)C(=O)OC)ccc3nc2-1. The predicted molar refractivity (Wildman–Crippen MR) is 128 cm³/mol. The monoisotopic (exact) mass is 489 g/mol. The zero-order chi connectivity index (χ0) is 25.8. The summed E-state index contributed by atoms with van der Waals surface area (Å²) in [4.78, 5) is 53.9. The van der Waals surface area contributed by atoms with E-state index in [1.165, 1.54) is 20.1 Å². The van der Waals surface area contributed by atoms with Gasteiger partial charge in [0.05, 0.1) is 36.1 Å². The lowest BCUT2D eigenvalue weighted by molar-refractivity contribution is -0.172. The number of hydrogen-bond donors (Lipinski definition) is 2. The highest BCUT2D eigenvalue weighted by Gasteiger charge is 2.45. The molecule has 2 aliphatic heterocycles. The van der Waals surface area contributed by atoms with Crippen molar-refractivity contribution in [3.05, 3.63) is 68.6 Å². The number of esters is 2. The Morgan fingerprint density at radius 2 is 2.06 bits per heavy atom. The number of amides is 1. The number of aromatic nitrogens is 2. The summed E-state index contributed by atoms with van der Waals surface area (Å²) >= 11 is 0. The Kier molecular flexibility index (Phi) is 5.48. The van der Waals surface area contributed by atoms with Gasteiger partial charge in [-0.05, 0) is 42.3 Å². The third-order valence-corrected chi connectivity index (χ3v) is 6.56. The van der Waals surface area contributed by atoms with Gasteiger partial charge in [0.1, 0.15) is 12.3 Å². The number of nitrogens with zero attached hydrogens (tertiary/aromatic N) is 2. The number of methoxy groups -OCH3 is 1. The number of benzene rings is 1. The molecule has 0 bridgehead atoms. The Labute approximate surface area is 205 Å². The van der Waals surface area contributed by atoms with Crippen molar-refractivity contribution in [1.29, 1.82) is 0 Å². The van der Waals surface area contributed by atoms with Crippen LogP contribution in [0.4, 0.5) is 0 Å². The van der Waals surface area contributed by atoms with Gasteiger partial charge < -0.3 is 24.5 Å². The van der Waals surface area contributed by atoms with E-state index in [1.807, 2.05) is 12.1 Å². The minimum absolute atomic E-state index is 0.00295. The third-order valence-electron chi connectivity index (χ3n) is 6.56. The number of ether oxygens (including phenoxy) is 2. The Bertz CT molecular complexity index is 1570. The van der Waals surface area contributed by atoms with Crippen LogP contribution in [0.5, 0.6) is 0 Å². The van der Waals surface area contributed by atoms with Gasteiger partial charge in [-0.15, -0.1) is 0 Å². The van der Waals surface area contributed by atoms with Crippen LogP contribution < -0.4 is 10.9 Å². The van der Waals surface area contributed by atoms with Crippen molar-refractivity contribution >= 4 is 34.8 Å². The van der Waals surface area contributed by atoms with Gasteiger partial charge >= 0.3 is 11.9 Å². The van der Waals surface area contributed by atoms with Crippen LogP contribution in [0.25, 0.3) is 28.4 Å². The highest BCUT2D eigenvalue weighted by Crippen LogP contribution is 2.38. The van der Waals surface area contributed by atoms with E-state index in [0.29, 0.717) is 22.5 Å². The van der Waals surface area contributed by atoms with Crippen LogP contribution in [-0.2, 0) is 42.6 Å². The fourth-order valence-electron chi connectivity index (χ4n) is 4.71.